The van der Waals surface area contributed by atoms with Crippen LogP contribution in [0.2, 0.25) is 0 Å². The number of aliphatic hydroxyl groups is 2. The van der Waals surface area contributed by atoms with E-state index in [4.69, 9.17) is 10.5 Å². The fourth-order valence-corrected chi connectivity index (χ4v) is 6.23. The van der Waals surface area contributed by atoms with Crippen molar-refractivity contribution in [1.29, 1.82) is 0 Å². The Balaban J connectivity index is 1.69. The zero-order valence-corrected chi connectivity index (χ0v) is 19.9. The maximum Gasteiger partial charge on any atom is 0.248 e. The van der Waals surface area contributed by atoms with Gasteiger partial charge in [-0.1, -0.05) is 18.2 Å². The first-order chi connectivity index (χ1) is 16.7. The number of likely N-dealkylation sites (N-methyl/N-ethyl adjacent to an activating group) is 1. The molecule has 0 saturated heterocycles. The molecule has 1 aromatic heterocycles. The van der Waals surface area contributed by atoms with Crippen molar-refractivity contribution in [3.05, 3.63) is 64.8 Å². The van der Waals surface area contributed by atoms with E-state index in [9.17, 15) is 19.8 Å². The fraction of sp³-hybridized carbons (Fsp3) is 0.385. The number of nitrogens with zero attached hydrogens (tertiary/aromatic N) is 3. The van der Waals surface area contributed by atoms with Gasteiger partial charge in [0.05, 0.1) is 23.5 Å². The number of rotatable bonds is 4. The van der Waals surface area contributed by atoms with Gasteiger partial charge in [-0.05, 0) is 38.4 Å². The van der Waals surface area contributed by atoms with Crippen LogP contribution < -0.4 is 5.73 Å². The Morgan fingerprint density at radius 2 is 1.97 bits per heavy atom. The number of Topliss-reactive ketones (excluding diaryl/α,β-unsaturated/α-hetero) is 1. The average Bonchev–Trinajstić information content (AvgIpc) is 2.84. The van der Waals surface area contributed by atoms with E-state index in [2.05, 4.69) is 9.97 Å². The quantitative estimate of drug-likeness (QED) is 0.610. The Hall–Kier alpha value is -3.56. The molecule has 1 heterocycles. The highest BCUT2D eigenvalue weighted by Crippen LogP contribution is 2.54. The molecular weight excluding hydrogens is 448 g/mol. The number of carbonyl (C=O) groups excluding carboxylic acids is 2. The summed E-state index contributed by atoms with van der Waals surface area (Å²) in [6, 6.07) is 4.89. The second kappa shape index (κ2) is 8.28. The van der Waals surface area contributed by atoms with Crippen LogP contribution in [0.5, 0.6) is 0 Å². The van der Waals surface area contributed by atoms with Crippen molar-refractivity contribution < 1.29 is 24.5 Å². The lowest BCUT2D eigenvalue weighted by Crippen LogP contribution is -2.63. The number of ketones is 1. The highest BCUT2D eigenvalue weighted by Gasteiger charge is 2.61. The SMILES string of the molecule is CO[C@@]12CC(C(N)=O)=C(O)[C@@H](N(C)C)[C@@H]1C[C@@H]1Cc3c(cccc3-c3cnccn3)C(O)=C1C2=O. The van der Waals surface area contributed by atoms with Crippen LogP contribution in [0.15, 0.2) is 53.7 Å². The molecule has 1 fully saturated rings. The monoisotopic (exact) mass is 476 g/mol. The van der Waals surface area contributed by atoms with Crippen LogP contribution >= 0.6 is 0 Å². The largest absolute Gasteiger partial charge is 0.510 e. The summed E-state index contributed by atoms with van der Waals surface area (Å²) in [5, 5.41) is 22.4. The Labute approximate surface area is 202 Å². The molecule has 3 aliphatic rings. The summed E-state index contributed by atoms with van der Waals surface area (Å²) in [7, 11) is 4.99. The van der Waals surface area contributed by atoms with Gasteiger partial charge in [-0.2, -0.15) is 0 Å². The molecule has 3 aliphatic carbocycles. The van der Waals surface area contributed by atoms with Gasteiger partial charge in [-0.3, -0.25) is 24.5 Å². The Morgan fingerprint density at radius 3 is 2.60 bits per heavy atom. The molecule has 0 unspecified atom stereocenters. The molecule has 0 radical (unpaired) electrons. The first kappa shape index (κ1) is 23.2. The lowest BCUT2D eigenvalue weighted by atomic mass is 9.57. The van der Waals surface area contributed by atoms with Crippen molar-refractivity contribution in [1.82, 2.24) is 14.9 Å². The zero-order valence-electron chi connectivity index (χ0n) is 19.9. The molecule has 2 aromatic rings. The topological polar surface area (TPSA) is 139 Å². The van der Waals surface area contributed by atoms with Crippen LogP contribution in [-0.4, -0.2) is 69.6 Å². The maximum absolute atomic E-state index is 14.1. The molecule has 5 rings (SSSR count). The molecular formula is C26H28N4O5. The van der Waals surface area contributed by atoms with Gasteiger partial charge < -0.3 is 20.7 Å². The number of aromatic nitrogens is 2. The zero-order chi connectivity index (χ0) is 25.1. The minimum atomic E-state index is -1.43. The number of hydrogen-bond donors (Lipinski definition) is 3. The number of aliphatic hydroxyl groups excluding tert-OH is 2. The molecule has 0 aliphatic heterocycles. The molecule has 0 bridgehead atoms. The van der Waals surface area contributed by atoms with Crippen LogP contribution in [0.25, 0.3) is 17.0 Å². The van der Waals surface area contributed by atoms with E-state index in [0.717, 1.165) is 11.1 Å². The number of fused-ring (bicyclic) bond motifs is 3. The molecule has 35 heavy (non-hydrogen) atoms. The number of ether oxygens (including phenoxy) is 1. The van der Waals surface area contributed by atoms with E-state index in [1.54, 1.807) is 43.7 Å². The van der Waals surface area contributed by atoms with Crippen molar-refractivity contribution in [3.8, 4) is 11.3 Å². The number of benzene rings is 1. The van der Waals surface area contributed by atoms with Crippen LogP contribution in [0.1, 0.15) is 24.0 Å². The van der Waals surface area contributed by atoms with Crippen molar-refractivity contribution in [3.63, 3.8) is 0 Å². The van der Waals surface area contributed by atoms with Gasteiger partial charge in [-0.15, -0.1) is 0 Å². The minimum absolute atomic E-state index is 0.0187. The van der Waals surface area contributed by atoms with E-state index in [1.807, 2.05) is 12.1 Å². The molecule has 4 atom stereocenters. The Kier molecular flexibility index (Phi) is 5.49. The van der Waals surface area contributed by atoms with Gasteiger partial charge in [0.2, 0.25) is 5.91 Å². The van der Waals surface area contributed by atoms with E-state index >= 15 is 0 Å². The van der Waals surface area contributed by atoms with Crippen LogP contribution in [0, 0.1) is 11.8 Å². The summed E-state index contributed by atoms with van der Waals surface area (Å²) in [4.78, 5) is 36.7. The van der Waals surface area contributed by atoms with Crippen LogP contribution in [0.4, 0.5) is 0 Å². The Bertz CT molecular complexity index is 1290. The number of carbonyl (C=O) groups is 2. The maximum atomic E-state index is 14.1. The van der Waals surface area contributed by atoms with Gasteiger partial charge in [-0.25, -0.2) is 0 Å². The van der Waals surface area contributed by atoms with E-state index < -0.39 is 23.5 Å². The molecule has 0 spiro atoms. The molecule has 4 N–H and O–H groups in total. The number of methoxy groups -OCH3 is 1. The number of primary amides is 1. The smallest absolute Gasteiger partial charge is 0.248 e. The lowest BCUT2D eigenvalue weighted by molar-refractivity contribution is -0.157. The van der Waals surface area contributed by atoms with E-state index in [0.29, 0.717) is 29.7 Å². The third-order valence-electron chi connectivity index (χ3n) is 7.78. The van der Waals surface area contributed by atoms with Crippen LogP contribution in [-0.2, 0) is 20.7 Å². The standard InChI is InChI=1S/C26H28N4O5/c1-30(2)21-18-10-13-9-16-14(19-12-28-7-8-29-19)5-4-6-15(16)22(31)20(13)24(33)26(18,35-3)11-17(23(21)32)25(27)34/h4-8,12-13,18,21,31-32H,9-11H2,1-3H3,(H2,27,34)/t13-,18-,21-,26-/m0/s1. The lowest BCUT2D eigenvalue weighted by Gasteiger charge is -2.53. The number of nitrogens with two attached hydrogens (primary N) is 1. The molecule has 9 heteroatoms. The van der Waals surface area contributed by atoms with Gasteiger partial charge in [0.15, 0.2) is 5.78 Å². The molecule has 1 amide bonds. The minimum Gasteiger partial charge on any atom is -0.510 e. The normalized spacial score (nSPS) is 28.0. The molecule has 9 nitrogen and oxygen atoms in total. The summed E-state index contributed by atoms with van der Waals surface area (Å²) in [6.45, 7) is 0. The molecule has 1 saturated carbocycles. The Morgan fingerprint density at radius 1 is 1.23 bits per heavy atom. The molecule has 182 valence electrons. The predicted octanol–water partition coefficient (Wildman–Crippen LogP) is 2.19. The summed E-state index contributed by atoms with van der Waals surface area (Å²) in [5.74, 6) is -2.12. The van der Waals surface area contributed by atoms with Crippen LogP contribution in [0.3, 0.4) is 0 Å². The number of hydrogen-bond acceptors (Lipinski definition) is 8. The van der Waals surface area contributed by atoms with E-state index in [1.165, 1.54) is 7.11 Å². The van der Waals surface area contributed by atoms with Crippen molar-refractivity contribution in [2.24, 2.45) is 17.6 Å². The average molecular weight is 477 g/mol. The molecule has 1 aromatic carbocycles. The van der Waals surface area contributed by atoms with Crippen molar-refractivity contribution in [2.75, 3.05) is 21.2 Å². The fourth-order valence-electron chi connectivity index (χ4n) is 6.23. The first-order valence-corrected chi connectivity index (χ1v) is 11.5. The highest BCUT2D eigenvalue weighted by atomic mass is 16.5. The second-order valence-electron chi connectivity index (χ2n) is 9.66. The summed E-state index contributed by atoms with van der Waals surface area (Å²) < 4.78 is 5.89. The number of amides is 1. The van der Waals surface area contributed by atoms with E-state index in [-0.39, 0.29) is 35.2 Å². The van der Waals surface area contributed by atoms with Crippen molar-refractivity contribution in [2.45, 2.75) is 30.9 Å². The van der Waals surface area contributed by atoms with Gasteiger partial charge in [0.1, 0.15) is 17.1 Å². The van der Waals surface area contributed by atoms with Gasteiger partial charge in [0.25, 0.3) is 0 Å². The first-order valence-electron chi connectivity index (χ1n) is 11.5. The third-order valence-corrected chi connectivity index (χ3v) is 7.78. The van der Waals surface area contributed by atoms with Crippen molar-refractivity contribution >= 4 is 17.4 Å². The van der Waals surface area contributed by atoms with Gasteiger partial charge >= 0.3 is 0 Å². The summed E-state index contributed by atoms with van der Waals surface area (Å²) >= 11 is 0. The highest BCUT2D eigenvalue weighted by molar-refractivity contribution is 6.10. The summed E-state index contributed by atoms with van der Waals surface area (Å²) in [5.41, 5.74) is 7.44. The predicted molar refractivity (Wildman–Crippen MR) is 128 cm³/mol. The summed E-state index contributed by atoms with van der Waals surface area (Å²) in [6.07, 6.45) is 5.72. The van der Waals surface area contributed by atoms with Gasteiger partial charge in [0, 0.05) is 48.5 Å². The second-order valence-corrected chi connectivity index (χ2v) is 9.66. The third kappa shape index (κ3) is 3.30.